The third kappa shape index (κ3) is 6.51. The van der Waals surface area contributed by atoms with E-state index in [9.17, 15) is 19.5 Å². The molecule has 0 bridgehead atoms. The normalized spacial score (nSPS) is 16.2. The third-order valence-corrected chi connectivity index (χ3v) is 7.61. The summed E-state index contributed by atoms with van der Waals surface area (Å²) in [6.45, 7) is 1.95. The number of hydrogen-bond donors (Lipinski definition) is 3. The maximum absolute atomic E-state index is 13.2. The summed E-state index contributed by atoms with van der Waals surface area (Å²) in [5.74, 6) is -1.57. The number of carboxylic acids is 1. The predicted molar refractivity (Wildman–Crippen MR) is 150 cm³/mol. The predicted octanol–water partition coefficient (Wildman–Crippen LogP) is 4.87. The SMILES string of the molecule is C[C@H](OCc1ccccc1)[C@@H](NC(=O)[C@H](CC1CC1)NC(=O)OCC1c2ccccc2-c2ccccc21)C(=O)O. The van der Waals surface area contributed by atoms with Crippen molar-refractivity contribution in [1.29, 1.82) is 0 Å². The standard InChI is InChI=1S/C32H34N2O6/c1-20(39-18-22-9-3-2-4-10-22)29(31(36)37)34-30(35)28(17-21-15-16-21)33-32(38)40-19-27-25-13-7-5-11-23(25)24-12-6-8-14-26(24)27/h2-14,20-21,27-29H,15-19H2,1H3,(H,33,38)(H,34,35)(H,36,37)/t20-,28-,29+/m0/s1. The van der Waals surface area contributed by atoms with Crippen LogP contribution in [0.3, 0.4) is 0 Å². The molecule has 0 radical (unpaired) electrons. The molecule has 2 aliphatic carbocycles. The second kappa shape index (κ2) is 12.3. The zero-order chi connectivity index (χ0) is 28.1. The molecular weight excluding hydrogens is 508 g/mol. The van der Waals surface area contributed by atoms with Gasteiger partial charge in [0.05, 0.1) is 12.7 Å². The molecule has 0 aromatic heterocycles. The second-order valence-electron chi connectivity index (χ2n) is 10.5. The van der Waals surface area contributed by atoms with Gasteiger partial charge in [0.25, 0.3) is 0 Å². The Morgan fingerprint density at radius 2 is 1.48 bits per heavy atom. The van der Waals surface area contributed by atoms with Crippen molar-refractivity contribution >= 4 is 18.0 Å². The van der Waals surface area contributed by atoms with Gasteiger partial charge in [-0.25, -0.2) is 9.59 Å². The second-order valence-corrected chi connectivity index (χ2v) is 10.5. The van der Waals surface area contributed by atoms with Gasteiger partial charge in [-0.15, -0.1) is 0 Å². The van der Waals surface area contributed by atoms with Gasteiger partial charge in [-0.1, -0.05) is 91.7 Å². The molecule has 0 aliphatic heterocycles. The van der Waals surface area contributed by atoms with Crippen molar-refractivity contribution in [1.82, 2.24) is 10.6 Å². The van der Waals surface area contributed by atoms with E-state index in [1.54, 1.807) is 6.92 Å². The van der Waals surface area contributed by atoms with E-state index in [2.05, 4.69) is 22.8 Å². The van der Waals surface area contributed by atoms with Gasteiger partial charge in [-0.05, 0) is 47.1 Å². The van der Waals surface area contributed by atoms with Gasteiger partial charge in [-0.3, -0.25) is 4.79 Å². The number of benzene rings is 3. The summed E-state index contributed by atoms with van der Waals surface area (Å²) in [4.78, 5) is 38.1. The van der Waals surface area contributed by atoms with E-state index in [0.717, 1.165) is 40.7 Å². The lowest BCUT2D eigenvalue weighted by Crippen LogP contribution is -2.55. The lowest BCUT2D eigenvalue weighted by molar-refractivity contribution is -0.146. The zero-order valence-corrected chi connectivity index (χ0v) is 22.4. The van der Waals surface area contributed by atoms with Crippen LogP contribution in [0.2, 0.25) is 0 Å². The Labute approximate surface area is 233 Å². The molecule has 1 fully saturated rings. The summed E-state index contributed by atoms with van der Waals surface area (Å²) in [6.07, 6.45) is 0.854. The van der Waals surface area contributed by atoms with Crippen molar-refractivity contribution in [2.45, 2.75) is 56.9 Å². The van der Waals surface area contributed by atoms with Gasteiger partial charge >= 0.3 is 12.1 Å². The summed E-state index contributed by atoms with van der Waals surface area (Å²) < 4.78 is 11.4. The molecular formula is C32H34N2O6. The fourth-order valence-corrected chi connectivity index (χ4v) is 5.23. The first-order valence-corrected chi connectivity index (χ1v) is 13.7. The van der Waals surface area contributed by atoms with Crippen LogP contribution < -0.4 is 10.6 Å². The van der Waals surface area contributed by atoms with Crippen LogP contribution in [0, 0.1) is 5.92 Å². The van der Waals surface area contributed by atoms with Crippen LogP contribution in [0.1, 0.15) is 48.8 Å². The van der Waals surface area contributed by atoms with Crippen molar-refractivity contribution in [3.05, 3.63) is 95.6 Å². The van der Waals surface area contributed by atoms with Crippen molar-refractivity contribution in [3.63, 3.8) is 0 Å². The van der Waals surface area contributed by atoms with Gasteiger partial charge in [-0.2, -0.15) is 0 Å². The maximum atomic E-state index is 13.2. The van der Waals surface area contributed by atoms with Crippen molar-refractivity contribution < 1.29 is 29.0 Å². The number of carbonyl (C=O) groups excluding carboxylic acids is 2. The first kappa shape index (κ1) is 27.4. The van der Waals surface area contributed by atoms with E-state index in [1.165, 1.54) is 0 Å². The molecule has 5 rings (SSSR count). The molecule has 40 heavy (non-hydrogen) atoms. The molecule has 1 saturated carbocycles. The minimum Gasteiger partial charge on any atom is -0.480 e. The highest BCUT2D eigenvalue weighted by molar-refractivity contribution is 5.89. The van der Waals surface area contributed by atoms with Gasteiger partial charge in [0.15, 0.2) is 6.04 Å². The molecule has 8 heteroatoms. The topological polar surface area (TPSA) is 114 Å². The number of amides is 2. The summed E-state index contributed by atoms with van der Waals surface area (Å²) >= 11 is 0. The molecule has 3 aromatic rings. The van der Waals surface area contributed by atoms with Crippen LogP contribution in [-0.2, 0) is 25.7 Å². The van der Waals surface area contributed by atoms with E-state index < -0.39 is 36.2 Å². The van der Waals surface area contributed by atoms with Crippen LogP contribution in [0.5, 0.6) is 0 Å². The first-order chi connectivity index (χ1) is 19.4. The van der Waals surface area contributed by atoms with E-state index >= 15 is 0 Å². The van der Waals surface area contributed by atoms with Crippen molar-refractivity contribution in [2.24, 2.45) is 5.92 Å². The summed E-state index contributed by atoms with van der Waals surface area (Å²) in [6, 6.07) is 23.3. The van der Waals surface area contributed by atoms with E-state index in [-0.39, 0.29) is 19.1 Å². The molecule has 2 amide bonds. The van der Waals surface area contributed by atoms with Gasteiger partial charge in [0.2, 0.25) is 5.91 Å². The van der Waals surface area contributed by atoms with E-state index in [0.29, 0.717) is 12.3 Å². The minimum atomic E-state index is -1.28. The van der Waals surface area contributed by atoms with Gasteiger partial charge in [0.1, 0.15) is 12.6 Å². The number of ether oxygens (including phenoxy) is 2. The van der Waals surface area contributed by atoms with Crippen LogP contribution in [0.25, 0.3) is 11.1 Å². The average molecular weight is 543 g/mol. The average Bonchev–Trinajstić information content (AvgIpc) is 3.73. The van der Waals surface area contributed by atoms with E-state index in [4.69, 9.17) is 9.47 Å². The number of hydrogen-bond acceptors (Lipinski definition) is 5. The molecule has 0 heterocycles. The smallest absolute Gasteiger partial charge is 0.407 e. The Morgan fingerprint density at radius 1 is 0.875 bits per heavy atom. The highest BCUT2D eigenvalue weighted by Gasteiger charge is 2.35. The molecule has 3 atom stereocenters. The largest absolute Gasteiger partial charge is 0.480 e. The Balaban J connectivity index is 1.20. The van der Waals surface area contributed by atoms with Crippen molar-refractivity contribution in [2.75, 3.05) is 6.61 Å². The Bertz CT molecular complexity index is 1310. The molecule has 208 valence electrons. The molecule has 3 N–H and O–H groups in total. The monoisotopic (exact) mass is 542 g/mol. The number of fused-ring (bicyclic) bond motifs is 3. The van der Waals surface area contributed by atoms with Crippen molar-refractivity contribution in [3.8, 4) is 11.1 Å². The molecule has 3 aromatic carbocycles. The Morgan fingerprint density at radius 3 is 2.08 bits per heavy atom. The highest BCUT2D eigenvalue weighted by Crippen LogP contribution is 2.44. The number of aliphatic carboxylic acids is 1. The van der Waals surface area contributed by atoms with E-state index in [1.807, 2.05) is 66.7 Å². The first-order valence-electron chi connectivity index (χ1n) is 13.7. The van der Waals surface area contributed by atoms with Gasteiger partial charge < -0.3 is 25.2 Å². The number of nitrogens with one attached hydrogen (secondary N) is 2. The maximum Gasteiger partial charge on any atom is 0.407 e. The molecule has 0 saturated heterocycles. The fourth-order valence-electron chi connectivity index (χ4n) is 5.23. The summed E-state index contributed by atoms with van der Waals surface area (Å²) in [5.41, 5.74) is 5.34. The molecule has 2 aliphatic rings. The number of carboxylic acid groups (broad SMARTS) is 1. The van der Waals surface area contributed by atoms with Crippen LogP contribution in [-0.4, -0.2) is 47.9 Å². The Hall–Kier alpha value is -4.17. The molecule has 8 nitrogen and oxygen atoms in total. The molecule has 0 unspecified atom stereocenters. The third-order valence-electron chi connectivity index (χ3n) is 7.61. The quantitative estimate of drug-likeness (QED) is 0.301. The Kier molecular flexibility index (Phi) is 8.45. The highest BCUT2D eigenvalue weighted by atomic mass is 16.5. The van der Waals surface area contributed by atoms with Crippen LogP contribution >= 0.6 is 0 Å². The minimum absolute atomic E-state index is 0.104. The lowest BCUT2D eigenvalue weighted by Gasteiger charge is -2.25. The number of rotatable bonds is 12. The van der Waals surface area contributed by atoms with Crippen LogP contribution in [0.15, 0.2) is 78.9 Å². The van der Waals surface area contributed by atoms with Gasteiger partial charge in [0, 0.05) is 5.92 Å². The fraction of sp³-hybridized carbons (Fsp3) is 0.344. The molecule has 0 spiro atoms. The summed E-state index contributed by atoms with van der Waals surface area (Å²) in [5, 5.41) is 15.1. The number of alkyl carbamates (subject to hydrolysis) is 1. The van der Waals surface area contributed by atoms with Crippen LogP contribution in [0.4, 0.5) is 4.79 Å². The number of carbonyl (C=O) groups is 3. The summed E-state index contributed by atoms with van der Waals surface area (Å²) in [7, 11) is 0. The lowest BCUT2D eigenvalue weighted by atomic mass is 9.98. The zero-order valence-electron chi connectivity index (χ0n) is 22.4.